The molecule has 0 aliphatic heterocycles. The highest BCUT2D eigenvalue weighted by Gasteiger charge is 2.16. The zero-order valence-corrected chi connectivity index (χ0v) is 18.6. The molecule has 0 radical (unpaired) electrons. The van der Waals surface area contributed by atoms with Crippen LogP contribution in [0.5, 0.6) is 5.75 Å². The molecule has 0 atom stereocenters. The standard InChI is InChI=1S/C24H26N2O4S/c1-4-30-21-7-5-6-19(14-21)16-25-24(27)20-11-10-18(3)23(15-20)26-31(28,29)22-12-8-17(2)9-13-22/h5-15,26H,4,16H2,1-3H3,(H,25,27). The average molecular weight is 439 g/mol. The Morgan fingerprint density at radius 1 is 0.968 bits per heavy atom. The third kappa shape index (κ3) is 5.86. The van der Waals surface area contributed by atoms with Gasteiger partial charge in [-0.1, -0.05) is 35.9 Å². The zero-order chi connectivity index (χ0) is 22.4. The molecule has 7 heteroatoms. The van der Waals surface area contributed by atoms with Gasteiger partial charge >= 0.3 is 0 Å². The lowest BCUT2D eigenvalue weighted by Crippen LogP contribution is -2.23. The summed E-state index contributed by atoms with van der Waals surface area (Å²) in [5.74, 6) is 0.454. The van der Waals surface area contributed by atoms with Crippen LogP contribution in [-0.4, -0.2) is 20.9 Å². The maximum Gasteiger partial charge on any atom is 0.261 e. The first-order valence-electron chi connectivity index (χ1n) is 9.98. The van der Waals surface area contributed by atoms with Crippen LogP contribution in [-0.2, 0) is 16.6 Å². The van der Waals surface area contributed by atoms with Crippen molar-refractivity contribution in [2.45, 2.75) is 32.2 Å². The molecule has 0 fully saturated rings. The first-order valence-corrected chi connectivity index (χ1v) is 11.5. The number of anilines is 1. The molecular weight excluding hydrogens is 412 g/mol. The van der Waals surface area contributed by atoms with E-state index in [2.05, 4.69) is 10.0 Å². The van der Waals surface area contributed by atoms with Crippen LogP contribution in [0.1, 0.15) is 34.0 Å². The first kappa shape index (κ1) is 22.4. The van der Waals surface area contributed by atoms with Crippen LogP contribution in [0.2, 0.25) is 0 Å². The van der Waals surface area contributed by atoms with E-state index in [4.69, 9.17) is 4.74 Å². The second-order valence-electron chi connectivity index (χ2n) is 7.21. The van der Waals surface area contributed by atoms with Crippen molar-refractivity contribution in [3.05, 3.63) is 89.0 Å². The Hall–Kier alpha value is -3.32. The van der Waals surface area contributed by atoms with E-state index >= 15 is 0 Å². The normalized spacial score (nSPS) is 11.1. The minimum Gasteiger partial charge on any atom is -0.494 e. The Labute approximate surface area is 183 Å². The Kier molecular flexibility index (Phi) is 6.97. The lowest BCUT2D eigenvalue weighted by atomic mass is 10.1. The minimum absolute atomic E-state index is 0.168. The number of amides is 1. The number of sulfonamides is 1. The molecule has 0 bridgehead atoms. The number of aryl methyl sites for hydroxylation is 2. The monoisotopic (exact) mass is 438 g/mol. The molecule has 3 rings (SSSR count). The SMILES string of the molecule is CCOc1cccc(CNC(=O)c2ccc(C)c(NS(=O)(=O)c3ccc(C)cc3)c2)c1. The van der Waals surface area contributed by atoms with E-state index in [1.165, 1.54) is 0 Å². The molecule has 3 aromatic carbocycles. The molecule has 0 heterocycles. The molecule has 0 aromatic heterocycles. The Bertz CT molecular complexity index is 1170. The molecule has 3 aromatic rings. The summed E-state index contributed by atoms with van der Waals surface area (Å²) >= 11 is 0. The van der Waals surface area contributed by atoms with Crippen molar-refractivity contribution in [2.24, 2.45) is 0 Å². The highest BCUT2D eigenvalue weighted by molar-refractivity contribution is 7.92. The van der Waals surface area contributed by atoms with Crippen LogP contribution in [0, 0.1) is 13.8 Å². The number of hydrogen-bond acceptors (Lipinski definition) is 4. The van der Waals surface area contributed by atoms with Gasteiger partial charge in [-0.15, -0.1) is 0 Å². The van der Waals surface area contributed by atoms with Crippen molar-refractivity contribution < 1.29 is 17.9 Å². The lowest BCUT2D eigenvalue weighted by molar-refractivity contribution is 0.0951. The number of carbonyl (C=O) groups is 1. The summed E-state index contributed by atoms with van der Waals surface area (Å²) in [6, 6.07) is 19.0. The van der Waals surface area contributed by atoms with Gasteiger partial charge in [-0.2, -0.15) is 0 Å². The van der Waals surface area contributed by atoms with E-state index < -0.39 is 10.0 Å². The smallest absolute Gasteiger partial charge is 0.261 e. The van der Waals surface area contributed by atoms with Gasteiger partial charge in [0.15, 0.2) is 0 Å². The Balaban J connectivity index is 1.73. The average Bonchev–Trinajstić information content (AvgIpc) is 2.74. The third-order valence-corrected chi connectivity index (χ3v) is 6.12. The molecule has 0 aliphatic rings. The van der Waals surface area contributed by atoms with E-state index in [0.29, 0.717) is 24.4 Å². The fourth-order valence-corrected chi connectivity index (χ4v) is 4.11. The third-order valence-electron chi connectivity index (χ3n) is 4.74. The van der Waals surface area contributed by atoms with Crippen LogP contribution in [0.3, 0.4) is 0 Å². The fourth-order valence-electron chi connectivity index (χ4n) is 2.99. The maximum atomic E-state index is 12.7. The van der Waals surface area contributed by atoms with Gasteiger partial charge in [0.1, 0.15) is 5.75 Å². The quantitative estimate of drug-likeness (QED) is 0.545. The summed E-state index contributed by atoms with van der Waals surface area (Å²) in [4.78, 5) is 12.8. The van der Waals surface area contributed by atoms with Crippen molar-refractivity contribution in [1.82, 2.24) is 5.32 Å². The topological polar surface area (TPSA) is 84.5 Å². The van der Waals surface area contributed by atoms with Gasteiger partial charge in [-0.05, 0) is 68.3 Å². The summed E-state index contributed by atoms with van der Waals surface area (Å²) in [5, 5.41) is 2.86. The highest BCUT2D eigenvalue weighted by Crippen LogP contribution is 2.22. The molecule has 0 unspecified atom stereocenters. The molecule has 0 spiro atoms. The lowest BCUT2D eigenvalue weighted by Gasteiger charge is -2.13. The van der Waals surface area contributed by atoms with Crippen molar-refractivity contribution in [3.8, 4) is 5.75 Å². The van der Waals surface area contributed by atoms with E-state index in [1.54, 1.807) is 49.4 Å². The Morgan fingerprint density at radius 3 is 2.42 bits per heavy atom. The molecule has 6 nitrogen and oxygen atoms in total. The number of nitrogens with one attached hydrogen (secondary N) is 2. The van der Waals surface area contributed by atoms with Crippen molar-refractivity contribution >= 4 is 21.6 Å². The summed E-state index contributed by atoms with van der Waals surface area (Å²) in [5.41, 5.74) is 3.34. The van der Waals surface area contributed by atoms with Crippen molar-refractivity contribution in [2.75, 3.05) is 11.3 Å². The number of ether oxygens (including phenoxy) is 1. The summed E-state index contributed by atoms with van der Waals surface area (Å²) in [6.45, 7) is 6.49. The van der Waals surface area contributed by atoms with Gasteiger partial charge in [0.2, 0.25) is 0 Å². The largest absolute Gasteiger partial charge is 0.494 e. The van der Waals surface area contributed by atoms with E-state index in [9.17, 15) is 13.2 Å². The Morgan fingerprint density at radius 2 is 1.71 bits per heavy atom. The zero-order valence-electron chi connectivity index (χ0n) is 17.8. The summed E-state index contributed by atoms with van der Waals surface area (Å²) < 4.78 is 33.5. The van der Waals surface area contributed by atoms with E-state index in [-0.39, 0.29) is 10.8 Å². The van der Waals surface area contributed by atoms with Crippen LogP contribution >= 0.6 is 0 Å². The molecule has 1 amide bonds. The molecule has 31 heavy (non-hydrogen) atoms. The van der Waals surface area contributed by atoms with E-state index in [1.807, 2.05) is 38.1 Å². The molecular formula is C24H26N2O4S. The number of carbonyl (C=O) groups excluding carboxylic acids is 1. The summed E-state index contributed by atoms with van der Waals surface area (Å²) in [6.07, 6.45) is 0. The van der Waals surface area contributed by atoms with Gasteiger partial charge < -0.3 is 10.1 Å². The van der Waals surface area contributed by atoms with Crippen LogP contribution < -0.4 is 14.8 Å². The van der Waals surface area contributed by atoms with Gasteiger partial charge in [0.25, 0.3) is 15.9 Å². The van der Waals surface area contributed by atoms with E-state index in [0.717, 1.165) is 22.4 Å². The number of hydrogen-bond donors (Lipinski definition) is 2. The van der Waals surface area contributed by atoms with Gasteiger partial charge in [-0.3, -0.25) is 9.52 Å². The van der Waals surface area contributed by atoms with Crippen molar-refractivity contribution in [1.29, 1.82) is 0 Å². The molecule has 0 saturated heterocycles. The van der Waals surface area contributed by atoms with Crippen LogP contribution in [0.15, 0.2) is 71.6 Å². The highest BCUT2D eigenvalue weighted by atomic mass is 32.2. The predicted molar refractivity (Wildman–Crippen MR) is 122 cm³/mol. The molecule has 0 saturated carbocycles. The second kappa shape index (κ2) is 9.66. The van der Waals surface area contributed by atoms with Crippen LogP contribution in [0.25, 0.3) is 0 Å². The van der Waals surface area contributed by atoms with Crippen LogP contribution in [0.4, 0.5) is 5.69 Å². The predicted octanol–water partition coefficient (Wildman–Crippen LogP) is 4.43. The summed E-state index contributed by atoms with van der Waals surface area (Å²) in [7, 11) is -3.76. The van der Waals surface area contributed by atoms with Crippen molar-refractivity contribution in [3.63, 3.8) is 0 Å². The minimum atomic E-state index is -3.76. The van der Waals surface area contributed by atoms with Gasteiger partial charge in [0, 0.05) is 12.1 Å². The molecule has 162 valence electrons. The first-order chi connectivity index (χ1) is 14.8. The number of benzene rings is 3. The fraction of sp³-hybridized carbons (Fsp3) is 0.208. The maximum absolute atomic E-state index is 12.7. The molecule has 2 N–H and O–H groups in total. The number of rotatable bonds is 8. The van der Waals surface area contributed by atoms with Gasteiger partial charge in [-0.25, -0.2) is 8.42 Å². The molecule has 0 aliphatic carbocycles. The van der Waals surface area contributed by atoms with Gasteiger partial charge in [0.05, 0.1) is 17.2 Å². The second-order valence-corrected chi connectivity index (χ2v) is 8.89.